The van der Waals surface area contributed by atoms with Gasteiger partial charge < -0.3 is 10.1 Å². The molecule has 7 nitrogen and oxygen atoms in total. The summed E-state index contributed by atoms with van der Waals surface area (Å²) in [7, 11) is 0. The van der Waals surface area contributed by atoms with Crippen LogP contribution in [0.3, 0.4) is 0 Å². The zero-order chi connectivity index (χ0) is 18.4. The molecule has 140 valence electrons. The lowest BCUT2D eigenvalue weighted by atomic mass is 10.1. The number of benzene rings is 1. The molecule has 0 radical (unpaired) electrons. The van der Waals surface area contributed by atoms with Gasteiger partial charge in [-0.05, 0) is 19.1 Å². The number of aromatic amines is 1. The maximum Gasteiger partial charge on any atom is 0.221 e. The molecule has 1 aliphatic rings. The summed E-state index contributed by atoms with van der Waals surface area (Å²) < 4.78 is 7.73. The Morgan fingerprint density at radius 3 is 2.73 bits per heavy atom. The van der Waals surface area contributed by atoms with E-state index in [-0.39, 0.29) is 5.91 Å². The zero-order valence-electron chi connectivity index (χ0n) is 15.0. The first kappa shape index (κ1) is 18.8. The average molecular weight is 375 g/mol. The molecule has 26 heavy (non-hydrogen) atoms. The van der Waals surface area contributed by atoms with Gasteiger partial charge in [0.25, 0.3) is 0 Å². The van der Waals surface area contributed by atoms with Crippen LogP contribution >= 0.6 is 12.2 Å². The molecule has 0 aliphatic carbocycles. The molecule has 3 rings (SSSR count). The minimum absolute atomic E-state index is 0.0243. The van der Waals surface area contributed by atoms with Gasteiger partial charge >= 0.3 is 0 Å². The molecule has 0 unspecified atom stereocenters. The highest BCUT2D eigenvalue weighted by Gasteiger charge is 2.12. The van der Waals surface area contributed by atoms with E-state index < -0.39 is 0 Å². The number of hydrogen-bond donors (Lipinski definition) is 2. The number of aromatic nitrogens is 3. The SMILES string of the molecule is Cc1ccc(-c2n[nH]c(=S)n2CCC(=O)NCCN2CCOCC2)cc1. The van der Waals surface area contributed by atoms with Gasteiger partial charge in [-0.2, -0.15) is 5.10 Å². The summed E-state index contributed by atoms with van der Waals surface area (Å²) in [4.78, 5) is 14.4. The Morgan fingerprint density at radius 2 is 2.00 bits per heavy atom. The second kappa shape index (κ2) is 9.07. The van der Waals surface area contributed by atoms with E-state index in [4.69, 9.17) is 17.0 Å². The third-order valence-corrected chi connectivity index (χ3v) is 4.80. The predicted molar refractivity (Wildman–Crippen MR) is 102 cm³/mol. The summed E-state index contributed by atoms with van der Waals surface area (Å²) in [5, 5.41) is 10.1. The van der Waals surface area contributed by atoms with Crippen LogP contribution < -0.4 is 5.32 Å². The van der Waals surface area contributed by atoms with Crippen molar-refractivity contribution in [1.82, 2.24) is 25.0 Å². The van der Waals surface area contributed by atoms with Crippen LogP contribution in [0.5, 0.6) is 0 Å². The van der Waals surface area contributed by atoms with Gasteiger partial charge in [-0.3, -0.25) is 19.4 Å². The first-order chi connectivity index (χ1) is 12.6. The summed E-state index contributed by atoms with van der Waals surface area (Å²) in [6.45, 7) is 7.46. The number of rotatable bonds is 7. The highest BCUT2D eigenvalue weighted by atomic mass is 32.1. The summed E-state index contributed by atoms with van der Waals surface area (Å²) >= 11 is 5.32. The van der Waals surface area contributed by atoms with Crippen LogP contribution in [0, 0.1) is 11.7 Å². The van der Waals surface area contributed by atoms with E-state index in [0.29, 0.717) is 24.3 Å². The smallest absolute Gasteiger partial charge is 0.221 e. The van der Waals surface area contributed by atoms with Gasteiger partial charge in [0.2, 0.25) is 5.91 Å². The number of carbonyl (C=O) groups excluding carboxylic acids is 1. The Hall–Kier alpha value is -2.03. The molecule has 0 atom stereocenters. The molecule has 2 heterocycles. The van der Waals surface area contributed by atoms with Gasteiger partial charge in [-0.1, -0.05) is 29.8 Å². The molecule has 0 spiro atoms. The standard InChI is InChI=1S/C18H25N5O2S/c1-14-2-4-15(5-3-14)17-20-21-18(26)23(17)8-6-16(24)19-7-9-22-10-12-25-13-11-22/h2-5H,6-13H2,1H3,(H,19,24)(H,21,26). The number of carbonyl (C=O) groups is 1. The summed E-state index contributed by atoms with van der Waals surface area (Å²) in [5.74, 6) is 0.785. The fourth-order valence-electron chi connectivity index (χ4n) is 2.93. The number of aryl methyl sites for hydroxylation is 1. The van der Waals surface area contributed by atoms with Crippen LogP contribution in [0.25, 0.3) is 11.4 Å². The fraction of sp³-hybridized carbons (Fsp3) is 0.500. The van der Waals surface area contributed by atoms with Crippen LogP contribution in [0.15, 0.2) is 24.3 Å². The molecular weight excluding hydrogens is 350 g/mol. The number of ether oxygens (including phenoxy) is 1. The number of nitrogens with one attached hydrogen (secondary N) is 2. The van der Waals surface area contributed by atoms with E-state index in [2.05, 4.69) is 20.4 Å². The molecule has 2 N–H and O–H groups in total. The quantitative estimate of drug-likeness (QED) is 0.721. The first-order valence-electron chi connectivity index (χ1n) is 8.92. The third kappa shape index (κ3) is 5.00. The Balaban J connectivity index is 1.51. The van der Waals surface area contributed by atoms with Crippen molar-refractivity contribution in [2.45, 2.75) is 19.9 Å². The normalized spacial score (nSPS) is 15.1. The fourth-order valence-corrected chi connectivity index (χ4v) is 3.15. The molecular formula is C18H25N5O2S. The second-order valence-corrected chi connectivity index (χ2v) is 6.81. The molecule has 0 bridgehead atoms. The molecule has 1 fully saturated rings. The van der Waals surface area contributed by atoms with E-state index >= 15 is 0 Å². The predicted octanol–water partition coefficient (Wildman–Crippen LogP) is 1.75. The summed E-state index contributed by atoms with van der Waals surface area (Å²) in [5.41, 5.74) is 2.17. The number of hydrogen-bond acceptors (Lipinski definition) is 5. The highest BCUT2D eigenvalue weighted by molar-refractivity contribution is 7.71. The van der Waals surface area contributed by atoms with E-state index in [1.165, 1.54) is 5.56 Å². The van der Waals surface area contributed by atoms with Gasteiger partial charge in [0.1, 0.15) is 0 Å². The lowest BCUT2D eigenvalue weighted by Gasteiger charge is -2.26. The van der Waals surface area contributed by atoms with Crippen LogP contribution in [-0.2, 0) is 16.1 Å². The molecule has 2 aromatic rings. The monoisotopic (exact) mass is 375 g/mol. The van der Waals surface area contributed by atoms with Crippen molar-refractivity contribution in [2.75, 3.05) is 39.4 Å². The van der Waals surface area contributed by atoms with Crippen molar-refractivity contribution in [3.8, 4) is 11.4 Å². The van der Waals surface area contributed by atoms with E-state index in [1.807, 2.05) is 35.8 Å². The minimum Gasteiger partial charge on any atom is -0.379 e. The topological polar surface area (TPSA) is 75.2 Å². The third-order valence-electron chi connectivity index (χ3n) is 4.48. The molecule has 1 aromatic carbocycles. The summed E-state index contributed by atoms with van der Waals surface area (Å²) in [6, 6.07) is 8.10. The number of H-pyrrole nitrogens is 1. The Bertz CT molecular complexity index is 778. The van der Waals surface area contributed by atoms with Gasteiger partial charge in [0.15, 0.2) is 10.6 Å². The van der Waals surface area contributed by atoms with Crippen LogP contribution in [0.4, 0.5) is 0 Å². The van der Waals surface area contributed by atoms with Crippen molar-refractivity contribution in [3.63, 3.8) is 0 Å². The van der Waals surface area contributed by atoms with Gasteiger partial charge in [0.05, 0.1) is 13.2 Å². The van der Waals surface area contributed by atoms with Gasteiger partial charge in [-0.25, -0.2) is 0 Å². The van der Waals surface area contributed by atoms with Crippen LogP contribution in [-0.4, -0.2) is 65.0 Å². The number of morpholine rings is 1. The van der Waals surface area contributed by atoms with Crippen molar-refractivity contribution >= 4 is 18.1 Å². The highest BCUT2D eigenvalue weighted by Crippen LogP contribution is 2.18. The van der Waals surface area contributed by atoms with E-state index in [1.54, 1.807) is 0 Å². The Kier molecular flexibility index (Phi) is 6.54. The molecule has 1 aromatic heterocycles. The van der Waals surface area contributed by atoms with Crippen LogP contribution in [0.2, 0.25) is 0 Å². The molecule has 1 aliphatic heterocycles. The molecule has 8 heteroatoms. The van der Waals surface area contributed by atoms with E-state index in [9.17, 15) is 4.79 Å². The number of nitrogens with zero attached hydrogens (tertiary/aromatic N) is 3. The summed E-state index contributed by atoms with van der Waals surface area (Å²) in [6.07, 6.45) is 0.371. The van der Waals surface area contributed by atoms with Gasteiger partial charge in [-0.15, -0.1) is 0 Å². The molecule has 1 amide bonds. The first-order valence-corrected chi connectivity index (χ1v) is 9.33. The van der Waals surface area contributed by atoms with Crippen molar-refractivity contribution in [3.05, 3.63) is 34.6 Å². The lowest BCUT2D eigenvalue weighted by Crippen LogP contribution is -2.41. The Labute approximate surface area is 158 Å². The Morgan fingerprint density at radius 1 is 1.27 bits per heavy atom. The van der Waals surface area contributed by atoms with Crippen molar-refractivity contribution in [1.29, 1.82) is 0 Å². The van der Waals surface area contributed by atoms with Crippen LogP contribution in [0.1, 0.15) is 12.0 Å². The maximum atomic E-state index is 12.2. The molecule has 0 saturated carbocycles. The maximum absolute atomic E-state index is 12.2. The van der Waals surface area contributed by atoms with Crippen molar-refractivity contribution in [2.24, 2.45) is 0 Å². The average Bonchev–Trinajstić information content (AvgIpc) is 3.02. The minimum atomic E-state index is 0.0243. The van der Waals surface area contributed by atoms with E-state index in [0.717, 1.165) is 44.2 Å². The number of amides is 1. The molecule has 1 saturated heterocycles. The lowest BCUT2D eigenvalue weighted by molar-refractivity contribution is -0.121. The van der Waals surface area contributed by atoms with Gasteiger partial charge in [0, 0.05) is 44.7 Å². The van der Waals surface area contributed by atoms with Crippen molar-refractivity contribution < 1.29 is 9.53 Å². The zero-order valence-corrected chi connectivity index (χ0v) is 15.8. The second-order valence-electron chi connectivity index (χ2n) is 6.42. The largest absolute Gasteiger partial charge is 0.379 e.